The summed E-state index contributed by atoms with van der Waals surface area (Å²) in [6.45, 7) is 0.977. The summed E-state index contributed by atoms with van der Waals surface area (Å²) in [5.74, 6) is 1.13. The van der Waals surface area contributed by atoms with Crippen LogP contribution in [0.3, 0.4) is 0 Å². The van der Waals surface area contributed by atoms with Crippen LogP contribution in [-0.4, -0.2) is 18.6 Å². The van der Waals surface area contributed by atoms with E-state index in [1.54, 1.807) is 11.8 Å². The van der Waals surface area contributed by atoms with Crippen LogP contribution in [-0.2, 0) is 0 Å². The molecule has 0 saturated heterocycles. The maximum Gasteiger partial charge on any atom is 0.101 e. The van der Waals surface area contributed by atoms with Gasteiger partial charge >= 0.3 is 0 Å². The Hall–Kier alpha value is -0.960. The van der Waals surface area contributed by atoms with Crippen LogP contribution in [0.5, 0.6) is 0 Å². The summed E-state index contributed by atoms with van der Waals surface area (Å²) in [6, 6.07) is 8.46. The smallest absolute Gasteiger partial charge is 0.101 e. The van der Waals surface area contributed by atoms with Crippen LogP contribution in [0, 0.1) is 0 Å². The number of aliphatic imine (C=N–C) groups is 1. The minimum absolute atomic E-state index is 0.977. The first-order valence-electron chi connectivity index (χ1n) is 4.83. The van der Waals surface area contributed by atoms with Crippen molar-refractivity contribution in [3.63, 3.8) is 0 Å². The SMILES string of the molecule is CSc1ccc(NC2=NCCC2)cc1. The number of benzene rings is 1. The van der Waals surface area contributed by atoms with Crippen molar-refractivity contribution in [2.24, 2.45) is 4.99 Å². The van der Waals surface area contributed by atoms with E-state index in [1.165, 1.54) is 11.3 Å². The van der Waals surface area contributed by atoms with Crippen molar-refractivity contribution in [1.29, 1.82) is 0 Å². The molecule has 14 heavy (non-hydrogen) atoms. The molecule has 2 rings (SSSR count). The Morgan fingerprint density at radius 3 is 2.64 bits per heavy atom. The molecule has 0 fully saturated rings. The summed E-state index contributed by atoms with van der Waals surface area (Å²) in [5, 5.41) is 3.33. The zero-order chi connectivity index (χ0) is 9.80. The maximum absolute atomic E-state index is 4.37. The zero-order valence-electron chi connectivity index (χ0n) is 8.29. The number of hydrogen-bond donors (Lipinski definition) is 1. The van der Waals surface area contributed by atoms with Crippen molar-refractivity contribution in [1.82, 2.24) is 0 Å². The highest BCUT2D eigenvalue weighted by Crippen LogP contribution is 2.18. The number of hydrogen-bond acceptors (Lipinski definition) is 3. The predicted molar refractivity (Wildman–Crippen MR) is 63.4 cm³/mol. The lowest BCUT2D eigenvalue weighted by Crippen LogP contribution is -2.07. The lowest BCUT2D eigenvalue weighted by Gasteiger charge is -2.05. The van der Waals surface area contributed by atoms with E-state index in [-0.39, 0.29) is 0 Å². The van der Waals surface area contributed by atoms with Gasteiger partial charge in [-0.1, -0.05) is 0 Å². The number of rotatable bonds is 2. The third-order valence-corrected chi connectivity index (χ3v) is 3.00. The van der Waals surface area contributed by atoms with Crippen molar-refractivity contribution in [2.45, 2.75) is 17.7 Å². The van der Waals surface area contributed by atoms with Crippen LogP contribution in [0.1, 0.15) is 12.8 Å². The number of nitrogens with zero attached hydrogens (tertiary/aromatic N) is 1. The Morgan fingerprint density at radius 2 is 2.07 bits per heavy atom. The van der Waals surface area contributed by atoms with E-state index in [2.05, 4.69) is 40.8 Å². The van der Waals surface area contributed by atoms with Crippen molar-refractivity contribution < 1.29 is 0 Å². The van der Waals surface area contributed by atoms with Gasteiger partial charge in [0.1, 0.15) is 5.84 Å². The molecule has 0 radical (unpaired) electrons. The Kier molecular flexibility index (Phi) is 3.09. The molecule has 1 aliphatic heterocycles. The second kappa shape index (κ2) is 4.51. The Bertz CT molecular complexity index is 330. The molecule has 1 heterocycles. The van der Waals surface area contributed by atoms with Gasteiger partial charge in [-0.15, -0.1) is 11.8 Å². The zero-order valence-corrected chi connectivity index (χ0v) is 9.10. The van der Waals surface area contributed by atoms with Crippen molar-refractivity contribution >= 4 is 23.3 Å². The molecule has 1 aliphatic rings. The van der Waals surface area contributed by atoms with Crippen LogP contribution < -0.4 is 5.32 Å². The van der Waals surface area contributed by atoms with Gasteiger partial charge in [-0.3, -0.25) is 4.99 Å². The molecular weight excluding hydrogens is 192 g/mol. The Labute approximate surface area is 88.8 Å². The largest absolute Gasteiger partial charge is 0.344 e. The lowest BCUT2D eigenvalue weighted by molar-refractivity contribution is 0.951. The van der Waals surface area contributed by atoms with E-state index in [0.717, 1.165) is 24.5 Å². The standard InChI is InChI=1S/C11H14N2S/c1-14-10-6-4-9(5-7-10)13-11-3-2-8-12-11/h4-7H,2-3,8H2,1H3,(H,12,13). The average molecular weight is 206 g/mol. The first kappa shape index (κ1) is 9.59. The van der Waals surface area contributed by atoms with Crippen molar-refractivity contribution in [3.8, 4) is 0 Å². The Balaban J connectivity index is 2.02. The molecule has 3 heteroatoms. The number of anilines is 1. The van der Waals surface area contributed by atoms with E-state index in [1.807, 2.05) is 0 Å². The third-order valence-electron chi connectivity index (χ3n) is 2.25. The van der Waals surface area contributed by atoms with Gasteiger partial charge in [-0.2, -0.15) is 0 Å². The van der Waals surface area contributed by atoms with Crippen LogP contribution in [0.2, 0.25) is 0 Å². The Morgan fingerprint density at radius 1 is 1.29 bits per heavy atom. The van der Waals surface area contributed by atoms with Crippen LogP contribution in [0.4, 0.5) is 5.69 Å². The van der Waals surface area contributed by atoms with Crippen LogP contribution in [0.25, 0.3) is 0 Å². The molecule has 1 N–H and O–H groups in total. The fourth-order valence-corrected chi connectivity index (χ4v) is 1.89. The number of nitrogens with one attached hydrogen (secondary N) is 1. The normalized spacial score (nSPS) is 15.4. The summed E-state index contributed by atoms with van der Waals surface area (Å²) >= 11 is 1.76. The summed E-state index contributed by atoms with van der Waals surface area (Å²) < 4.78 is 0. The molecule has 2 nitrogen and oxygen atoms in total. The maximum atomic E-state index is 4.37. The predicted octanol–water partition coefficient (Wildman–Crippen LogP) is 3.01. The third kappa shape index (κ3) is 2.29. The van der Waals surface area contributed by atoms with Crippen LogP contribution in [0.15, 0.2) is 34.2 Å². The highest BCUT2D eigenvalue weighted by molar-refractivity contribution is 7.98. The number of amidine groups is 1. The molecule has 0 bridgehead atoms. The minimum Gasteiger partial charge on any atom is -0.344 e. The van der Waals surface area contributed by atoms with E-state index in [4.69, 9.17) is 0 Å². The molecule has 0 aromatic heterocycles. The molecule has 0 saturated carbocycles. The van der Waals surface area contributed by atoms with Gasteiger partial charge in [0.2, 0.25) is 0 Å². The minimum atomic E-state index is 0.977. The monoisotopic (exact) mass is 206 g/mol. The summed E-state index contributed by atoms with van der Waals surface area (Å²) in [4.78, 5) is 5.67. The van der Waals surface area contributed by atoms with E-state index in [0.29, 0.717) is 0 Å². The molecular formula is C11H14N2S. The molecule has 0 unspecified atom stereocenters. The first-order valence-corrected chi connectivity index (χ1v) is 6.05. The van der Waals surface area contributed by atoms with Gasteiger partial charge in [0, 0.05) is 23.5 Å². The van der Waals surface area contributed by atoms with E-state index in [9.17, 15) is 0 Å². The lowest BCUT2D eigenvalue weighted by atomic mass is 10.3. The van der Waals surface area contributed by atoms with Gasteiger partial charge in [-0.25, -0.2) is 0 Å². The summed E-state index contributed by atoms with van der Waals surface area (Å²) in [6.07, 6.45) is 4.36. The fourth-order valence-electron chi connectivity index (χ4n) is 1.48. The fraction of sp³-hybridized carbons (Fsp3) is 0.364. The van der Waals surface area contributed by atoms with Gasteiger partial charge < -0.3 is 5.32 Å². The highest BCUT2D eigenvalue weighted by atomic mass is 32.2. The van der Waals surface area contributed by atoms with Gasteiger partial charge in [-0.05, 0) is 36.9 Å². The van der Waals surface area contributed by atoms with E-state index >= 15 is 0 Å². The molecule has 0 amide bonds. The van der Waals surface area contributed by atoms with Gasteiger partial charge in [0.15, 0.2) is 0 Å². The molecule has 0 aliphatic carbocycles. The van der Waals surface area contributed by atoms with Crippen molar-refractivity contribution in [2.75, 3.05) is 18.1 Å². The molecule has 0 atom stereocenters. The molecule has 1 aromatic carbocycles. The quantitative estimate of drug-likeness (QED) is 0.752. The van der Waals surface area contributed by atoms with Crippen LogP contribution >= 0.6 is 11.8 Å². The molecule has 74 valence electrons. The number of thioether (sulfide) groups is 1. The second-order valence-corrected chi connectivity index (χ2v) is 4.17. The summed E-state index contributed by atoms with van der Waals surface area (Å²) in [5.41, 5.74) is 1.14. The van der Waals surface area contributed by atoms with Crippen molar-refractivity contribution in [3.05, 3.63) is 24.3 Å². The van der Waals surface area contributed by atoms with E-state index < -0.39 is 0 Å². The summed E-state index contributed by atoms with van der Waals surface area (Å²) in [7, 11) is 0. The van der Waals surface area contributed by atoms with Gasteiger partial charge in [0.05, 0.1) is 0 Å². The molecule has 1 aromatic rings. The highest BCUT2D eigenvalue weighted by Gasteiger charge is 2.05. The topological polar surface area (TPSA) is 24.4 Å². The van der Waals surface area contributed by atoms with Gasteiger partial charge in [0.25, 0.3) is 0 Å². The average Bonchev–Trinajstić information content (AvgIpc) is 2.72. The molecule has 0 spiro atoms. The first-order chi connectivity index (χ1) is 6.88. The second-order valence-electron chi connectivity index (χ2n) is 3.29.